The Morgan fingerprint density at radius 1 is 1.36 bits per heavy atom. The summed E-state index contributed by atoms with van der Waals surface area (Å²) in [6.45, 7) is 3.41. The van der Waals surface area contributed by atoms with E-state index in [2.05, 4.69) is 9.97 Å². The number of likely N-dealkylation sites (tertiary alicyclic amines) is 1. The van der Waals surface area contributed by atoms with Crippen LogP contribution in [-0.2, 0) is 0 Å². The van der Waals surface area contributed by atoms with Crippen molar-refractivity contribution >= 4 is 33.3 Å². The summed E-state index contributed by atoms with van der Waals surface area (Å²) in [5.41, 5.74) is 14.2. The molecule has 1 fully saturated rings. The summed E-state index contributed by atoms with van der Waals surface area (Å²) in [4.78, 5) is 23.9. The number of nitrogen functional groups attached to an aromatic ring is 1. The van der Waals surface area contributed by atoms with Crippen molar-refractivity contribution in [1.29, 1.82) is 0 Å². The molecule has 1 saturated heterocycles. The number of nitrogens with two attached hydrogens (primary N) is 2. The van der Waals surface area contributed by atoms with Crippen LogP contribution >= 0.6 is 11.3 Å². The number of anilines is 1. The Balaban J connectivity index is 1.74. The second-order valence-electron chi connectivity index (χ2n) is 6.37. The molecule has 0 radical (unpaired) electrons. The number of rotatable bonds is 2. The lowest BCUT2D eigenvalue weighted by atomic mass is 10.1. The second-order valence-corrected chi connectivity index (χ2v) is 7.42. The molecule has 1 aromatic carbocycles. The molecule has 4 rings (SSSR count). The van der Waals surface area contributed by atoms with Crippen LogP contribution < -0.4 is 11.5 Å². The van der Waals surface area contributed by atoms with E-state index in [0.29, 0.717) is 12.1 Å². The smallest absolute Gasteiger partial charge is 0.253 e. The van der Waals surface area contributed by atoms with Crippen LogP contribution in [0, 0.1) is 6.92 Å². The molecule has 3 heterocycles. The minimum atomic E-state index is 0.0493. The fourth-order valence-corrected chi connectivity index (χ4v) is 4.41. The number of hydrogen-bond donors (Lipinski definition) is 2. The van der Waals surface area contributed by atoms with Crippen molar-refractivity contribution < 1.29 is 4.79 Å². The Morgan fingerprint density at radius 3 is 2.92 bits per heavy atom. The highest BCUT2D eigenvalue weighted by atomic mass is 32.1. The van der Waals surface area contributed by atoms with Gasteiger partial charge in [0, 0.05) is 35.6 Å². The van der Waals surface area contributed by atoms with E-state index < -0.39 is 0 Å². The molecular weight excluding hydrogens is 334 g/mol. The average molecular weight is 353 g/mol. The zero-order chi connectivity index (χ0) is 17.6. The monoisotopic (exact) mass is 353 g/mol. The van der Waals surface area contributed by atoms with Gasteiger partial charge >= 0.3 is 0 Å². The van der Waals surface area contributed by atoms with Gasteiger partial charge in [-0.25, -0.2) is 9.97 Å². The summed E-state index contributed by atoms with van der Waals surface area (Å²) in [6.07, 6.45) is 2.53. The molecule has 25 heavy (non-hydrogen) atoms. The van der Waals surface area contributed by atoms with Crippen LogP contribution in [-0.4, -0.2) is 39.9 Å². The lowest BCUT2D eigenvalue weighted by Gasteiger charge is -2.15. The topological polar surface area (TPSA) is 98.1 Å². The minimum Gasteiger partial charge on any atom is -0.368 e. The molecule has 1 atom stereocenters. The maximum absolute atomic E-state index is 12.7. The van der Waals surface area contributed by atoms with Crippen molar-refractivity contribution in [3.8, 4) is 10.6 Å². The molecule has 0 bridgehead atoms. The van der Waals surface area contributed by atoms with E-state index in [0.717, 1.165) is 39.2 Å². The summed E-state index contributed by atoms with van der Waals surface area (Å²) in [5.74, 6) is 0.309. The van der Waals surface area contributed by atoms with Crippen molar-refractivity contribution in [2.24, 2.45) is 5.73 Å². The highest BCUT2D eigenvalue weighted by molar-refractivity contribution is 7.22. The van der Waals surface area contributed by atoms with Crippen LogP contribution in [0.4, 0.5) is 5.95 Å². The molecule has 0 spiro atoms. The first-order valence-electron chi connectivity index (χ1n) is 8.20. The van der Waals surface area contributed by atoms with Crippen LogP contribution in [0.25, 0.3) is 20.7 Å². The zero-order valence-electron chi connectivity index (χ0n) is 13.9. The third kappa shape index (κ3) is 2.85. The molecule has 1 aliphatic rings. The van der Waals surface area contributed by atoms with Gasteiger partial charge in [0.15, 0.2) is 0 Å². The first-order chi connectivity index (χ1) is 12.0. The molecule has 0 aliphatic carbocycles. The van der Waals surface area contributed by atoms with Crippen molar-refractivity contribution in [1.82, 2.24) is 14.9 Å². The predicted molar refractivity (Wildman–Crippen MR) is 100 cm³/mol. The summed E-state index contributed by atoms with van der Waals surface area (Å²) in [5, 5.41) is 1.08. The fraction of sp³-hybridized carbons (Fsp3) is 0.278. The van der Waals surface area contributed by atoms with E-state index in [9.17, 15) is 4.79 Å². The molecule has 2 aromatic heterocycles. The fourth-order valence-electron chi connectivity index (χ4n) is 3.25. The highest BCUT2D eigenvalue weighted by Gasteiger charge is 2.25. The number of hydrogen-bond acceptors (Lipinski definition) is 6. The summed E-state index contributed by atoms with van der Waals surface area (Å²) in [7, 11) is 0. The number of fused-ring (bicyclic) bond motifs is 1. The SMILES string of the molecule is Cc1c(-c2ccnc(N)n2)sc2ccc(C(=O)N3CCC(N)C3)cc12. The van der Waals surface area contributed by atoms with Crippen molar-refractivity contribution in [3.05, 3.63) is 41.6 Å². The van der Waals surface area contributed by atoms with Gasteiger partial charge < -0.3 is 16.4 Å². The molecule has 7 heteroatoms. The Morgan fingerprint density at radius 2 is 2.20 bits per heavy atom. The van der Waals surface area contributed by atoms with Crippen LogP contribution in [0.2, 0.25) is 0 Å². The van der Waals surface area contributed by atoms with E-state index in [-0.39, 0.29) is 17.9 Å². The van der Waals surface area contributed by atoms with Crippen LogP contribution in [0.1, 0.15) is 22.3 Å². The van der Waals surface area contributed by atoms with Gasteiger partial charge in [-0.2, -0.15) is 0 Å². The van der Waals surface area contributed by atoms with E-state index in [4.69, 9.17) is 11.5 Å². The van der Waals surface area contributed by atoms with Crippen molar-refractivity contribution in [3.63, 3.8) is 0 Å². The molecule has 128 valence electrons. The van der Waals surface area contributed by atoms with Crippen LogP contribution in [0.3, 0.4) is 0 Å². The first kappa shape index (κ1) is 16.0. The Hall–Kier alpha value is -2.51. The molecule has 1 unspecified atom stereocenters. The Kier molecular flexibility index (Phi) is 3.89. The quantitative estimate of drug-likeness (QED) is 0.737. The highest BCUT2D eigenvalue weighted by Crippen LogP contribution is 2.38. The maximum atomic E-state index is 12.7. The predicted octanol–water partition coefficient (Wildman–Crippen LogP) is 2.42. The standard InChI is InChI=1S/C18H19N5OS/c1-10-13-8-11(17(24)23-7-5-12(19)9-23)2-3-15(13)25-16(10)14-4-6-21-18(20)22-14/h2-4,6,8,12H,5,7,9,19H2,1H3,(H2,20,21,22). The number of aryl methyl sites for hydroxylation is 1. The minimum absolute atomic E-state index is 0.0493. The Labute approximate surface area is 149 Å². The number of thiophene rings is 1. The van der Waals surface area contributed by atoms with Gasteiger partial charge in [-0.3, -0.25) is 4.79 Å². The third-order valence-electron chi connectivity index (χ3n) is 4.60. The van der Waals surface area contributed by atoms with Gasteiger partial charge in [0.05, 0.1) is 10.6 Å². The number of aromatic nitrogens is 2. The average Bonchev–Trinajstić information content (AvgIpc) is 3.18. The Bertz CT molecular complexity index is 967. The van der Waals surface area contributed by atoms with Gasteiger partial charge in [0.2, 0.25) is 5.95 Å². The lowest BCUT2D eigenvalue weighted by molar-refractivity contribution is 0.0791. The van der Waals surface area contributed by atoms with E-state index >= 15 is 0 Å². The number of carbonyl (C=O) groups excluding carboxylic acids is 1. The van der Waals surface area contributed by atoms with Gasteiger partial charge in [-0.05, 0) is 48.6 Å². The van der Waals surface area contributed by atoms with Crippen molar-refractivity contribution in [2.75, 3.05) is 18.8 Å². The summed E-state index contributed by atoms with van der Waals surface area (Å²) < 4.78 is 1.12. The largest absolute Gasteiger partial charge is 0.368 e. The zero-order valence-corrected chi connectivity index (χ0v) is 14.7. The number of benzene rings is 1. The van der Waals surface area contributed by atoms with Gasteiger partial charge in [0.25, 0.3) is 5.91 Å². The van der Waals surface area contributed by atoms with Gasteiger partial charge in [-0.15, -0.1) is 11.3 Å². The van der Waals surface area contributed by atoms with E-state index in [1.807, 2.05) is 36.1 Å². The normalized spacial score (nSPS) is 17.4. The number of amides is 1. The van der Waals surface area contributed by atoms with E-state index in [1.54, 1.807) is 17.5 Å². The van der Waals surface area contributed by atoms with E-state index in [1.165, 1.54) is 0 Å². The molecule has 4 N–H and O–H groups in total. The molecular formula is C18H19N5OS. The first-order valence-corrected chi connectivity index (χ1v) is 9.01. The summed E-state index contributed by atoms with van der Waals surface area (Å²) >= 11 is 1.65. The van der Waals surface area contributed by atoms with Crippen LogP contribution in [0.5, 0.6) is 0 Å². The summed E-state index contributed by atoms with van der Waals surface area (Å²) in [6, 6.07) is 7.81. The molecule has 3 aromatic rings. The molecule has 6 nitrogen and oxygen atoms in total. The molecule has 0 saturated carbocycles. The van der Waals surface area contributed by atoms with Gasteiger partial charge in [-0.1, -0.05) is 0 Å². The number of carbonyl (C=O) groups is 1. The third-order valence-corrected chi connectivity index (χ3v) is 5.90. The van der Waals surface area contributed by atoms with Crippen LogP contribution in [0.15, 0.2) is 30.5 Å². The second kappa shape index (κ2) is 6.09. The number of nitrogens with zero attached hydrogens (tertiary/aromatic N) is 3. The molecule has 1 amide bonds. The van der Waals surface area contributed by atoms with Gasteiger partial charge in [0.1, 0.15) is 0 Å². The maximum Gasteiger partial charge on any atom is 0.253 e. The molecule has 1 aliphatic heterocycles. The van der Waals surface area contributed by atoms with Crippen molar-refractivity contribution in [2.45, 2.75) is 19.4 Å². The lowest BCUT2D eigenvalue weighted by Crippen LogP contribution is -2.31.